The Kier molecular flexibility index (Phi) is 4.42. The van der Waals surface area contributed by atoms with Gasteiger partial charge in [0.15, 0.2) is 0 Å². The molecule has 1 fully saturated rings. The summed E-state index contributed by atoms with van der Waals surface area (Å²) in [5, 5.41) is 10.7. The number of rotatable bonds is 5. The molecule has 9 heteroatoms. The van der Waals surface area contributed by atoms with Crippen molar-refractivity contribution in [3.8, 4) is 0 Å². The van der Waals surface area contributed by atoms with E-state index in [0.29, 0.717) is 23.0 Å². The lowest BCUT2D eigenvalue weighted by molar-refractivity contribution is -0.123. The number of H-pyrrole nitrogens is 1. The van der Waals surface area contributed by atoms with Gasteiger partial charge < -0.3 is 14.8 Å². The van der Waals surface area contributed by atoms with E-state index in [-0.39, 0.29) is 28.8 Å². The summed E-state index contributed by atoms with van der Waals surface area (Å²) in [5.74, 6) is -0.376. The number of nitrogens with one attached hydrogen (secondary N) is 2. The van der Waals surface area contributed by atoms with Crippen LogP contribution in [0, 0.1) is 0 Å². The molecule has 3 aromatic rings. The highest BCUT2D eigenvalue weighted by Gasteiger charge is 2.47. The average Bonchev–Trinajstić information content (AvgIpc) is 3.15. The molecule has 2 aromatic heterocycles. The fourth-order valence-corrected chi connectivity index (χ4v) is 4.44. The van der Waals surface area contributed by atoms with E-state index in [0.717, 1.165) is 36.9 Å². The minimum atomic E-state index is -0.380. The summed E-state index contributed by atoms with van der Waals surface area (Å²) >= 11 is 0. The van der Waals surface area contributed by atoms with Crippen molar-refractivity contribution in [3.05, 3.63) is 57.9 Å². The van der Waals surface area contributed by atoms with Crippen LogP contribution in [0.15, 0.2) is 35.5 Å². The predicted octanol–water partition coefficient (Wildman–Crippen LogP) is 1.11. The molecule has 0 radical (unpaired) electrons. The Morgan fingerprint density at radius 2 is 2.16 bits per heavy atom. The third-order valence-electron chi connectivity index (χ3n) is 6.41. The quantitative estimate of drug-likeness (QED) is 0.642. The summed E-state index contributed by atoms with van der Waals surface area (Å²) < 4.78 is 1.41. The number of nitrogens with zero attached hydrogens (tertiary/aromatic N) is 4. The van der Waals surface area contributed by atoms with E-state index >= 15 is 0 Å². The van der Waals surface area contributed by atoms with E-state index in [1.807, 2.05) is 0 Å². The number of aromatic amines is 1. The smallest absolute Gasteiger partial charge is 0.260 e. The molecular formula is C22H24N6O3. The van der Waals surface area contributed by atoms with Crippen LogP contribution in [0.25, 0.3) is 10.9 Å². The molecule has 160 valence electrons. The Bertz CT molecular complexity index is 1260. The van der Waals surface area contributed by atoms with Crippen molar-refractivity contribution in [2.45, 2.75) is 37.1 Å². The number of carbonyl (C=O) groups is 2. The van der Waals surface area contributed by atoms with Crippen LogP contribution in [-0.4, -0.2) is 55.6 Å². The molecule has 1 atom stereocenters. The second kappa shape index (κ2) is 7.04. The molecule has 0 saturated heterocycles. The lowest BCUT2D eigenvalue weighted by atomic mass is 10.1. The number of amides is 2. The molecule has 0 bridgehead atoms. The van der Waals surface area contributed by atoms with E-state index in [1.165, 1.54) is 10.9 Å². The summed E-state index contributed by atoms with van der Waals surface area (Å²) in [6, 6.07) is 4.94. The fourth-order valence-electron chi connectivity index (χ4n) is 4.44. The van der Waals surface area contributed by atoms with Gasteiger partial charge in [0, 0.05) is 26.2 Å². The van der Waals surface area contributed by atoms with Gasteiger partial charge in [-0.3, -0.25) is 19.5 Å². The van der Waals surface area contributed by atoms with Crippen LogP contribution in [0.2, 0.25) is 0 Å². The zero-order valence-corrected chi connectivity index (χ0v) is 17.5. The molecular weight excluding hydrogens is 396 g/mol. The van der Waals surface area contributed by atoms with Gasteiger partial charge in [0.2, 0.25) is 5.91 Å². The van der Waals surface area contributed by atoms with E-state index in [1.54, 1.807) is 43.4 Å². The average molecular weight is 420 g/mol. The molecule has 5 rings (SSSR count). The Morgan fingerprint density at radius 3 is 2.94 bits per heavy atom. The molecule has 2 aliphatic rings. The molecule has 2 amide bonds. The monoisotopic (exact) mass is 420 g/mol. The maximum atomic E-state index is 13.0. The highest BCUT2D eigenvalue weighted by atomic mass is 16.2. The van der Waals surface area contributed by atoms with Gasteiger partial charge in [0.05, 0.1) is 40.6 Å². The largest absolute Gasteiger partial charge is 0.348 e. The second-order valence-electron chi connectivity index (χ2n) is 8.72. The van der Waals surface area contributed by atoms with Crippen molar-refractivity contribution in [1.82, 2.24) is 30.0 Å². The predicted molar refractivity (Wildman–Crippen MR) is 114 cm³/mol. The van der Waals surface area contributed by atoms with Gasteiger partial charge in [-0.05, 0) is 49.4 Å². The number of fused-ring (bicyclic) bond motifs is 2. The molecule has 0 spiro atoms. The number of aromatic nitrogens is 4. The SMILES string of the molecule is CN(CC1(NC(=O)C2CCc3cn[nH]c32)CC1)C(=O)c1ccc2c(=O)n(C)cnc2c1. The number of aryl methyl sites for hydroxylation is 2. The third-order valence-corrected chi connectivity index (χ3v) is 6.41. The van der Waals surface area contributed by atoms with Gasteiger partial charge >= 0.3 is 0 Å². The van der Waals surface area contributed by atoms with Crippen molar-refractivity contribution in [2.24, 2.45) is 7.05 Å². The summed E-state index contributed by atoms with van der Waals surface area (Å²) in [7, 11) is 3.38. The van der Waals surface area contributed by atoms with Crippen LogP contribution >= 0.6 is 0 Å². The first-order valence-electron chi connectivity index (χ1n) is 10.4. The molecule has 31 heavy (non-hydrogen) atoms. The van der Waals surface area contributed by atoms with Crippen LogP contribution in [0.1, 0.15) is 46.8 Å². The highest BCUT2D eigenvalue weighted by Crippen LogP contribution is 2.38. The molecule has 0 aliphatic heterocycles. The lowest BCUT2D eigenvalue weighted by Crippen LogP contribution is -2.47. The molecule has 1 saturated carbocycles. The topological polar surface area (TPSA) is 113 Å². The van der Waals surface area contributed by atoms with Crippen LogP contribution in [0.4, 0.5) is 0 Å². The number of benzene rings is 1. The van der Waals surface area contributed by atoms with Crippen molar-refractivity contribution >= 4 is 22.7 Å². The molecule has 9 nitrogen and oxygen atoms in total. The van der Waals surface area contributed by atoms with Gasteiger partial charge in [0.25, 0.3) is 11.5 Å². The van der Waals surface area contributed by atoms with Crippen LogP contribution in [0.5, 0.6) is 0 Å². The molecule has 2 heterocycles. The van der Waals surface area contributed by atoms with E-state index in [2.05, 4.69) is 20.5 Å². The number of carbonyl (C=O) groups excluding carboxylic acids is 2. The molecule has 1 aromatic carbocycles. The normalized spacial score (nSPS) is 18.6. The Labute approximate surface area is 178 Å². The zero-order valence-electron chi connectivity index (χ0n) is 17.5. The second-order valence-corrected chi connectivity index (χ2v) is 8.72. The van der Waals surface area contributed by atoms with Crippen molar-refractivity contribution < 1.29 is 9.59 Å². The maximum Gasteiger partial charge on any atom is 0.260 e. The van der Waals surface area contributed by atoms with Gasteiger partial charge in [-0.1, -0.05) is 0 Å². The Balaban J connectivity index is 1.28. The summed E-state index contributed by atoms with van der Waals surface area (Å²) in [6.07, 6.45) is 6.56. The minimum Gasteiger partial charge on any atom is -0.348 e. The molecule has 1 unspecified atom stereocenters. The first-order valence-corrected chi connectivity index (χ1v) is 10.4. The number of likely N-dealkylation sites (N-methyl/N-ethyl adjacent to an activating group) is 1. The van der Waals surface area contributed by atoms with Crippen LogP contribution in [-0.2, 0) is 18.3 Å². The molecule has 2 N–H and O–H groups in total. The van der Waals surface area contributed by atoms with Gasteiger partial charge in [0.1, 0.15) is 0 Å². The standard InChI is InChI=1S/C22H24N6O3/c1-27(20(30)13-3-5-15-17(9-13)23-12-28(2)21(15)31)11-22(7-8-22)25-19(29)16-6-4-14-10-24-26-18(14)16/h3,5,9-10,12,16H,4,6-8,11H2,1-2H3,(H,24,26)(H,25,29). The highest BCUT2D eigenvalue weighted by molar-refractivity contribution is 5.97. The minimum absolute atomic E-state index is 0.00732. The summed E-state index contributed by atoms with van der Waals surface area (Å²) in [5.41, 5.74) is 2.45. The Morgan fingerprint density at radius 1 is 1.35 bits per heavy atom. The maximum absolute atomic E-state index is 13.0. The van der Waals surface area contributed by atoms with Crippen molar-refractivity contribution in [1.29, 1.82) is 0 Å². The summed E-state index contributed by atoms with van der Waals surface area (Å²) in [4.78, 5) is 44.0. The van der Waals surface area contributed by atoms with E-state index in [4.69, 9.17) is 0 Å². The first-order chi connectivity index (χ1) is 14.9. The van der Waals surface area contributed by atoms with Gasteiger partial charge in [-0.25, -0.2) is 4.98 Å². The number of hydrogen-bond donors (Lipinski definition) is 2. The van der Waals surface area contributed by atoms with Gasteiger partial charge in [-0.15, -0.1) is 0 Å². The Hall–Kier alpha value is -3.49. The molecule has 2 aliphatic carbocycles. The van der Waals surface area contributed by atoms with Crippen LogP contribution in [0.3, 0.4) is 0 Å². The van der Waals surface area contributed by atoms with E-state index in [9.17, 15) is 14.4 Å². The fraction of sp³-hybridized carbons (Fsp3) is 0.409. The van der Waals surface area contributed by atoms with Crippen molar-refractivity contribution in [3.63, 3.8) is 0 Å². The van der Waals surface area contributed by atoms with Crippen LogP contribution < -0.4 is 10.9 Å². The van der Waals surface area contributed by atoms with Crippen molar-refractivity contribution in [2.75, 3.05) is 13.6 Å². The zero-order chi connectivity index (χ0) is 21.8. The number of hydrogen-bond acceptors (Lipinski definition) is 5. The van der Waals surface area contributed by atoms with Gasteiger partial charge in [-0.2, -0.15) is 5.10 Å². The summed E-state index contributed by atoms with van der Waals surface area (Å²) in [6.45, 7) is 0.433. The lowest BCUT2D eigenvalue weighted by Gasteiger charge is -2.26. The van der Waals surface area contributed by atoms with E-state index < -0.39 is 0 Å². The third kappa shape index (κ3) is 3.39. The first kappa shape index (κ1) is 19.5.